The molecular weight excluding hydrogens is 2010 g/mol. The summed E-state index contributed by atoms with van der Waals surface area (Å²) < 4.78 is 93.8. The van der Waals surface area contributed by atoms with Crippen LogP contribution in [0.1, 0.15) is 212 Å². The molecule has 816 valence electrons. The molecule has 0 bridgehead atoms. The van der Waals surface area contributed by atoms with E-state index in [1.54, 1.807) is 127 Å². The summed E-state index contributed by atoms with van der Waals surface area (Å²) in [5, 5.41) is 50.7. The fourth-order valence-corrected chi connectivity index (χ4v) is 27.5. The number of nitrogens with zero attached hydrogens (tertiary/aromatic N) is 6. The fraction of sp³-hybridized carbons (Fsp3) is 0.729. The zero-order chi connectivity index (χ0) is 107. The molecule has 7 aliphatic heterocycles. The van der Waals surface area contributed by atoms with Crippen molar-refractivity contribution in [1.82, 2.24) is 25.1 Å². The number of hydrogen-bond acceptors (Lipinski definition) is 33. The number of morpholine rings is 1. The van der Waals surface area contributed by atoms with E-state index < -0.39 is 190 Å². The topological polar surface area (TPSA) is 390 Å². The molecule has 9 aliphatic rings. The van der Waals surface area contributed by atoms with Crippen LogP contribution in [0.25, 0.3) is 0 Å². The molecule has 33 nitrogen and oxygen atoms in total. The number of methoxy groups -OCH3 is 4. The molecule has 0 radical (unpaired) electrons. The van der Waals surface area contributed by atoms with Crippen LogP contribution in [0.5, 0.6) is 23.0 Å². The van der Waals surface area contributed by atoms with Gasteiger partial charge in [-0.1, -0.05) is 102 Å². The normalized spacial score (nSPS) is 35.3. The van der Waals surface area contributed by atoms with Gasteiger partial charge in [-0.3, -0.25) is 38.7 Å². The number of urea groups is 1. The molecule has 9 fully saturated rings. The Balaban J connectivity index is 0.000000261. The lowest BCUT2D eigenvalue weighted by molar-refractivity contribution is -0.300. The number of rotatable bonds is 30. The zero-order valence-corrected chi connectivity index (χ0v) is 93.3. The lowest BCUT2D eigenvalue weighted by Crippen LogP contribution is -2.62. The van der Waals surface area contributed by atoms with Gasteiger partial charge in [0, 0.05) is 185 Å². The highest BCUT2D eigenvalue weighted by Crippen LogP contribution is 2.54. The van der Waals surface area contributed by atoms with E-state index >= 15 is 9.59 Å². The highest BCUT2D eigenvalue weighted by Gasteiger charge is 2.65. The number of halogens is 4. The number of pyridine rings is 2. The van der Waals surface area contributed by atoms with Crippen LogP contribution < -0.4 is 34.1 Å². The molecule has 2 aromatic heterocycles. The SMILES string of the molecule is CC[C@@H]1OC(=O)[C@H](C)[C@H](O)[C@@H](C)[C@H](O[C@H]2O[C@H](C)C[C@H](N(C)C(=O)N3CCOCC3)[C@@H]2O)[C@](C)(OC)C[C@H](C)C(=O)C(C)[C@H]2C(SCCN(Cc3c(Cl)cncc3Cl)c3ccc(OC)c(OC4CCCC4)c3)C(=O)O[C@]21C.CC[C@H]1OC(=O)[C@H](C)[C@@H](O)[C@H](C)[C@@H](O[C@@H]2O[C@H](C)C[C@H](NC)[C@H]2O)[C@](C)(OC)C[C@@H](C)C(=O)C(C)C2C(SCCN(Cc3c(Cl)cncc3Cl)c3ccc(OC)c(OC4CCCC4)c3)C(=O)O[C@@]21C. The first kappa shape index (κ1) is 118. The average Bonchev–Trinajstić information content (AvgIpc) is 1.59. The number of amides is 2. The second-order valence-corrected chi connectivity index (χ2v) is 46.4. The van der Waals surface area contributed by atoms with Crippen LogP contribution >= 0.6 is 69.9 Å². The van der Waals surface area contributed by atoms with E-state index in [-0.39, 0.29) is 74.2 Å². The van der Waals surface area contributed by atoms with Crippen LogP contribution in [0.4, 0.5) is 16.2 Å². The van der Waals surface area contributed by atoms with Crippen molar-refractivity contribution in [2.45, 2.75) is 345 Å². The summed E-state index contributed by atoms with van der Waals surface area (Å²) in [6, 6.07) is 10.2. The first-order chi connectivity index (χ1) is 69.3. The molecule has 39 heteroatoms. The molecule has 0 spiro atoms. The molecule has 2 aliphatic carbocycles. The Morgan fingerprint density at radius 3 is 1.28 bits per heavy atom. The Morgan fingerprint density at radius 1 is 0.527 bits per heavy atom. The Hall–Kier alpha value is -6.59. The summed E-state index contributed by atoms with van der Waals surface area (Å²) in [5.41, 5.74) is -2.52. The van der Waals surface area contributed by atoms with Gasteiger partial charge >= 0.3 is 29.9 Å². The fourth-order valence-electron chi connectivity index (χ4n) is 23.6. The van der Waals surface area contributed by atoms with Crippen LogP contribution in [0.15, 0.2) is 61.2 Å². The molecule has 5 unspecified atom stereocenters. The van der Waals surface area contributed by atoms with E-state index in [1.165, 1.54) is 42.6 Å². The van der Waals surface area contributed by atoms with Crippen LogP contribution in [0, 0.1) is 59.2 Å². The number of hydrogen-bond donors (Lipinski definition) is 5. The predicted octanol–water partition coefficient (Wildman–Crippen LogP) is 15.8. The number of ether oxygens (including phenoxy) is 15. The number of carbonyl (C=O) groups is 7. The van der Waals surface area contributed by atoms with Crippen LogP contribution in [-0.4, -0.2) is 306 Å². The minimum Gasteiger partial charge on any atom is -0.493 e. The molecule has 5 N–H and O–H groups in total. The molecular formula is C107H157Cl4N7O26S2. The van der Waals surface area contributed by atoms with Gasteiger partial charge in [-0.15, -0.1) is 23.5 Å². The number of benzene rings is 2. The standard InChI is InChI=1S/C56H82Cl2N4O14S.C51H75Cl2N3O12S/c1-12-44-56(8)45(49(52(67)76-56)77-24-21-62(30-38-39(57)28-59-29-40(38)58)36-17-18-42(69-10)43(26-36)73-37-15-13-14-16-37)33(4)46(63)31(2)27-55(7,70-11)50(34(5)47(64)35(6)51(66)74-44)75-53-48(65)41(25-32(3)72-53)60(9)54(68)61-19-22-71-23-20-61;1-12-40-51(8)41(29(4)42(57)27(2)23-50(7,63-11)46(30(5)43(58)31(6)47(60)66-40)67-49-44(59)37(54-9)21-28(3)64-49)45(48(61)68-51)69-20-19-56(26-34-35(52)24-55-25-36(34)53)32-17-18-38(62-10)39(22-32)65-33-15-13-14-16-33/h17-18,26,28-29,31-35,37,41,44-45,47-50,53,64-65H,12-16,19-25,27,30H2,1-11H3;17-18,22,24-25,27-31,33,37,40-41,43-46,49,54,58-59H,12-16,19-21,23,26H2,1-11H3/t31-,32+,33?,34+,35+,41-,44-,45-,47+,48-,49?,50-,53+,55+,56-;27-,28-,29?,30+,31-,37+,40-,41?,43+,44-,45?,46-,49+,50-,51-/m01/s1. The van der Waals surface area contributed by atoms with Crippen molar-refractivity contribution in [1.29, 1.82) is 0 Å². The minimum atomic E-state index is -1.46. The smallest absolute Gasteiger partial charge is 0.320 e. The number of cyclic esters (lactones) is 2. The third-order valence-electron chi connectivity index (χ3n) is 32.3. The molecule has 2 saturated carbocycles. The first-order valence-electron chi connectivity index (χ1n) is 51.9. The quantitative estimate of drug-likeness (QED) is 0.0239. The Morgan fingerprint density at radius 2 is 0.911 bits per heavy atom. The lowest BCUT2D eigenvalue weighted by Gasteiger charge is -2.48. The molecule has 9 heterocycles. The third kappa shape index (κ3) is 26.7. The number of aliphatic hydroxyl groups excluding tert-OH is 4. The summed E-state index contributed by atoms with van der Waals surface area (Å²) in [6.07, 6.45) is 3.82. The Bertz CT molecular complexity index is 5010. The Kier molecular flexibility index (Phi) is 42.0. The van der Waals surface area contributed by atoms with Crippen LogP contribution in [0.3, 0.4) is 0 Å². The number of likely N-dealkylation sites (N-methyl/N-ethyl adjacent to an activating group) is 2. The third-order valence-corrected chi connectivity index (χ3v) is 36.2. The van der Waals surface area contributed by atoms with Crippen molar-refractivity contribution in [2.24, 2.45) is 59.2 Å². The van der Waals surface area contributed by atoms with E-state index in [2.05, 4.69) is 25.1 Å². The van der Waals surface area contributed by atoms with Gasteiger partial charge in [-0.25, -0.2) is 4.79 Å². The highest BCUT2D eigenvalue weighted by molar-refractivity contribution is 8.00. The van der Waals surface area contributed by atoms with Crippen LogP contribution in [0.2, 0.25) is 20.1 Å². The maximum atomic E-state index is 15.3. The summed E-state index contributed by atoms with van der Waals surface area (Å²) in [4.78, 5) is 117. The molecule has 2 aromatic carbocycles. The molecule has 13 rings (SSSR count). The van der Waals surface area contributed by atoms with E-state index in [0.29, 0.717) is 125 Å². The summed E-state index contributed by atoms with van der Waals surface area (Å²) in [5.74, 6) is -7.98. The number of Topliss-reactive ketones (excluding diaryl/α,β-unsaturated/α-hetero) is 2. The largest absolute Gasteiger partial charge is 0.493 e. The minimum absolute atomic E-state index is 0.0676. The number of anilines is 2. The summed E-state index contributed by atoms with van der Waals surface area (Å²) in [6.45, 7) is 31.4. The van der Waals surface area contributed by atoms with Crippen molar-refractivity contribution in [3.8, 4) is 23.0 Å². The predicted molar refractivity (Wildman–Crippen MR) is 558 cm³/mol. The monoisotopic (exact) mass is 2160 g/mol. The van der Waals surface area contributed by atoms with Crippen molar-refractivity contribution < 1.29 is 125 Å². The highest BCUT2D eigenvalue weighted by atomic mass is 35.5. The molecule has 30 atom stereocenters. The van der Waals surface area contributed by atoms with Gasteiger partial charge in [0.1, 0.15) is 46.5 Å². The van der Waals surface area contributed by atoms with Crippen molar-refractivity contribution in [2.75, 3.05) is 103 Å². The number of ketones is 2. The van der Waals surface area contributed by atoms with Crippen molar-refractivity contribution >= 4 is 123 Å². The average molecular weight is 2160 g/mol. The number of aromatic nitrogens is 2. The number of nitrogens with one attached hydrogen (secondary N) is 1. The van der Waals surface area contributed by atoms with E-state index in [1.807, 2.05) is 77.9 Å². The molecule has 2 amide bonds. The van der Waals surface area contributed by atoms with Gasteiger partial charge in [0.25, 0.3) is 0 Å². The van der Waals surface area contributed by atoms with Gasteiger partial charge in [-0.2, -0.15) is 0 Å². The summed E-state index contributed by atoms with van der Waals surface area (Å²) in [7, 11) is 9.63. The van der Waals surface area contributed by atoms with Crippen LogP contribution in [-0.2, 0) is 94.0 Å². The number of esters is 4. The Labute approximate surface area is 889 Å². The van der Waals surface area contributed by atoms with Gasteiger partial charge in [0.05, 0.1) is 125 Å². The van der Waals surface area contributed by atoms with E-state index in [9.17, 15) is 44.4 Å². The van der Waals surface area contributed by atoms with E-state index in [0.717, 1.165) is 62.7 Å². The lowest BCUT2D eigenvalue weighted by atomic mass is 9.70. The number of thioether (sulfide) groups is 2. The first-order valence-corrected chi connectivity index (χ1v) is 55.5. The number of fused-ring (bicyclic) bond motifs is 2. The van der Waals surface area contributed by atoms with Crippen molar-refractivity contribution in [3.63, 3.8) is 0 Å². The van der Waals surface area contributed by atoms with Gasteiger partial charge in [0.2, 0.25) is 0 Å². The zero-order valence-electron chi connectivity index (χ0n) is 88.7. The molecule has 7 saturated heterocycles. The van der Waals surface area contributed by atoms with Gasteiger partial charge < -0.3 is 116 Å². The van der Waals surface area contributed by atoms with Gasteiger partial charge in [-0.05, 0) is 177 Å². The maximum absolute atomic E-state index is 15.3. The maximum Gasteiger partial charge on any atom is 0.320 e. The molecule has 146 heavy (non-hydrogen) atoms. The number of aliphatic hydroxyl groups is 4. The van der Waals surface area contributed by atoms with Gasteiger partial charge in [0.15, 0.2) is 46.8 Å². The van der Waals surface area contributed by atoms with E-state index in [4.69, 9.17) is 117 Å². The number of carbonyl (C=O) groups excluding carboxylic acids is 7. The second kappa shape index (κ2) is 51.9. The van der Waals surface area contributed by atoms with Crippen molar-refractivity contribution in [3.05, 3.63) is 92.4 Å². The molecule has 4 aromatic rings. The summed E-state index contributed by atoms with van der Waals surface area (Å²) >= 11 is 29.6. The second-order valence-electron chi connectivity index (χ2n) is 42.3.